The highest BCUT2D eigenvalue weighted by atomic mass is 16.5. The third-order valence-electron chi connectivity index (χ3n) is 5.10. The van der Waals surface area contributed by atoms with Crippen LogP contribution in [-0.2, 0) is 0 Å². The number of likely N-dealkylation sites (N-methyl/N-ethyl adjacent to an activating group) is 1. The molecule has 0 fully saturated rings. The molecular formula is C23H31N3O3. The molecule has 3 rings (SSSR count). The molecule has 156 valence electrons. The molecule has 1 aliphatic heterocycles. The summed E-state index contributed by atoms with van der Waals surface area (Å²) in [6.07, 6.45) is 2.75. The van der Waals surface area contributed by atoms with Gasteiger partial charge in [-0.1, -0.05) is 26.0 Å². The Morgan fingerprint density at radius 2 is 1.86 bits per heavy atom. The average molecular weight is 398 g/mol. The predicted octanol–water partition coefficient (Wildman–Crippen LogP) is 4.08. The zero-order chi connectivity index (χ0) is 20.6. The van der Waals surface area contributed by atoms with Crippen molar-refractivity contribution in [2.24, 2.45) is 5.92 Å². The number of rotatable bonds is 4. The maximum Gasteiger partial charge on any atom is 0.259 e. The van der Waals surface area contributed by atoms with Crippen molar-refractivity contribution in [3.63, 3.8) is 0 Å². The first kappa shape index (κ1) is 21.1. The molecule has 6 heteroatoms. The molecule has 2 aromatic rings. The van der Waals surface area contributed by atoms with Crippen LogP contribution < -0.4 is 9.47 Å². The summed E-state index contributed by atoms with van der Waals surface area (Å²) < 4.78 is 12.1. The summed E-state index contributed by atoms with van der Waals surface area (Å²) in [6.45, 7) is 10.9. The number of amides is 1. The van der Waals surface area contributed by atoms with Crippen LogP contribution >= 0.6 is 0 Å². The van der Waals surface area contributed by atoms with Gasteiger partial charge in [0.25, 0.3) is 5.91 Å². The molecule has 0 atom stereocenters. The van der Waals surface area contributed by atoms with E-state index in [4.69, 9.17) is 9.47 Å². The smallest absolute Gasteiger partial charge is 0.259 e. The molecule has 0 saturated heterocycles. The van der Waals surface area contributed by atoms with Crippen LogP contribution in [0.4, 0.5) is 0 Å². The maximum absolute atomic E-state index is 13.2. The number of hydrogen-bond donors (Lipinski definition) is 0. The quantitative estimate of drug-likeness (QED) is 0.778. The van der Waals surface area contributed by atoms with E-state index < -0.39 is 0 Å². The minimum absolute atomic E-state index is 0.0583. The molecular weight excluding hydrogens is 366 g/mol. The second-order valence-corrected chi connectivity index (χ2v) is 7.66. The molecule has 1 aromatic heterocycles. The first-order chi connectivity index (χ1) is 14.1. The lowest BCUT2D eigenvalue weighted by Gasteiger charge is -2.27. The predicted molar refractivity (Wildman–Crippen MR) is 114 cm³/mol. The SMILES string of the molecule is CCN1CCN(CCC(C)C)CCOc2ccccc2Oc2ncccc2C1=O. The topological polar surface area (TPSA) is 54.9 Å². The van der Waals surface area contributed by atoms with E-state index in [1.54, 1.807) is 18.3 Å². The van der Waals surface area contributed by atoms with E-state index in [9.17, 15) is 4.79 Å². The van der Waals surface area contributed by atoms with Crippen LogP contribution in [-0.4, -0.2) is 60.0 Å². The van der Waals surface area contributed by atoms with Crippen LogP contribution in [0.2, 0.25) is 0 Å². The molecule has 2 heterocycles. The first-order valence-corrected chi connectivity index (χ1v) is 10.4. The molecule has 6 nitrogen and oxygen atoms in total. The van der Waals surface area contributed by atoms with Gasteiger partial charge in [-0.15, -0.1) is 0 Å². The number of nitrogens with zero attached hydrogens (tertiary/aromatic N) is 3. The largest absolute Gasteiger partial charge is 0.488 e. The highest BCUT2D eigenvalue weighted by molar-refractivity contribution is 5.96. The number of ether oxygens (including phenoxy) is 2. The van der Waals surface area contributed by atoms with E-state index in [1.807, 2.05) is 36.1 Å². The summed E-state index contributed by atoms with van der Waals surface area (Å²) >= 11 is 0. The van der Waals surface area contributed by atoms with Crippen LogP contribution in [0.1, 0.15) is 37.6 Å². The van der Waals surface area contributed by atoms with Crippen molar-refractivity contribution in [3.05, 3.63) is 48.2 Å². The van der Waals surface area contributed by atoms with Gasteiger partial charge in [0, 0.05) is 32.4 Å². The zero-order valence-corrected chi connectivity index (χ0v) is 17.6. The maximum atomic E-state index is 13.2. The molecule has 1 amide bonds. The molecule has 1 aliphatic rings. The molecule has 0 N–H and O–H groups in total. The molecule has 1 aromatic carbocycles. The Bertz CT molecular complexity index is 809. The Morgan fingerprint density at radius 3 is 2.62 bits per heavy atom. The van der Waals surface area contributed by atoms with Gasteiger partial charge >= 0.3 is 0 Å². The van der Waals surface area contributed by atoms with Crippen molar-refractivity contribution in [1.82, 2.24) is 14.8 Å². The number of para-hydroxylation sites is 2. The summed E-state index contributed by atoms with van der Waals surface area (Å²) in [6, 6.07) is 11.1. The Morgan fingerprint density at radius 1 is 1.07 bits per heavy atom. The summed E-state index contributed by atoms with van der Waals surface area (Å²) in [7, 11) is 0. The summed E-state index contributed by atoms with van der Waals surface area (Å²) in [5.41, 5.74) is 0.470. The number of aromatic nitrogens is 1. The Kier molecular flexibility index (Phi) is 7.47. The molecule has 29 heavy (non-hydrogen) atoms. The van der Waals surface area contributed by atoms with Crippen LogP contribution in [0.3, 0.4) is 0 Å². The van der Waals surface area contributed by atoms with Gasteiger partial charge in [0.1, 0.15) is 12.2 Å². The lowest BCUT2D eigenvalue weighted by molar-refractivity contribution is 0.0737. The van der Waals surface area contributed by atoms with Crippen molar-refractivity contribution in [3.8, 4) is 17.4 Å². The summed E-state index contributed by atoms with van der Waals surface area (Å²) in [4.78, 5) is 21.8. The fraction of sp³-hybridized carbons (Fsp3) is 0.478. The second-order valence-electron chi connectivity index (χ2n) is 7.66. The highest BCUT2D eigenvalue weighted by Crippen LogP contribution is 2.32. The van der Waals surface area contributed by atoms with Crippen molar-refractivity contribution < 1.29 is 14.3 Å². The van der Waals surface area contributed by atoms with Gasteiger partial charge in [0.15, 0.2) is 11.5 Å². The standard InChI is InChI=1S/C23H31N3O3/c1-4-26-15-14-25(13-11-18(2)3)16-17-28-20-9-5-6-10-21(20)29-22-19(23(26)27)8-7-12-24-22/h5-10,12,18H,4,11,13-17H2,1-3H3. The molecule has 0 spiro atoms. The Balaban J connectivity index is 1.91. The molecule has 0 saturated carbocycles. The van der Waals surface area contributed by atoms with E-state index >= 15 is 0 Å². The minimum Gasteiger partial charge on any atom is -0.488 e. The third kappa shape index (κ3) is 5.70. The van der Waals surface area contributed by atoms with E-state index in [0.29, 0.717) is 48.6 Å². The highest BCUT2D eigenvalue weighted by Gasteiger charge is 2.22. The van der Waals surface area contributed by atoms with Crippen LogP contribution in [0, 0.1) is 5.92 Å². The average Bonchev–Trinajstić information content (AvgIpc) is 2.73. The molecule has 0 aliphatic carbocycles. The molecule has 0 unspecified atom stereocenters. The Hall–Kier alpha value is -2.60. The number of fused-ring (bicyclic) bond motifs is 2. The minimum atomic E-state index is -0.0583. The van der Waals surface area contributed by atoms with E-state index in [2.05, 4.69) is 23.7 Å². The Labute approximate surface area is 173 Å². The van der Waals surface area contributed by atoms with Gasteiger partial charge < -0.3 is 14.4 Å². The third-order valence-corrected chi connectivity index (χ3v) is 5.10. The lowest BCUT2D eigenvalue weighted by atomic mass is 10.1. The number of pyridine rings is 1. The first-order valence-electron chi connectivity index (χ1n) is 10.4. The van der Waals surface area contributed by atoms with E-state index in [1.165, 1.54) is 0 Å². The monoisotopic (exact) mass is 397 g/mol. The van der Waals surface area contributed by atoms with Gasteiger partial charge in [0.2, 0.25) is 5.88 Å². The van der Waals surface area contributed by atoms with Gasteiger partial charge in [-0.05, 0) is 50.1 Å². The number of carbonyl (C=O) groups excluding carboxylic acids is 1. The molecule has 0 radical (unpaired) electrons. The summed E-state index contributed by atoms with van der Waals surface area (Å²) in [5, 5.41) is 0. The van der Waals surface area contributed by atoms with Crippen LogP contribution in [0.5, 0.6) is 17.4 Å². The second kappa shape index (κ2) is 10.3. The van der Waals surface area contributed by atoms with Gasteiger partial charge in [0.05, 0.1) is 0 Å². The zero-order valence-electron chi connectivity index (χ0n) is 17.6. The van der Waals surface area contributed by atoms with Gasteiger partial charge in [-0.3, -0.25) is 9.69 Å². The summed E-state index contributed by atoms with van der Waals surface area (Å²) in [5.74, 6) is 2.11. The number of benzene rings is 1. The van der Waals surface area contributed by atoms with Gasteiger partial charge in [-0.25, -0.2) is 4.98 Å². The van der Waals surface area contributed by atoms with Crippen molar-refractivity contribution in [2.45, 2.75) is 27.2 Å². The van der Waals surface area contributed by atoms with Gasteiger partial charge in [-0.2, -0.15) is 0 Å². The lowest BCUT2D eigenvalue weighted by Crippen LogP contribution is -2.40. The molecule has 0 bridgehead atoms. The number of carbonyl (C=O) groups is 1. The fourth-order valence-corrected chi connectivity index (χ4v) is 3.29. The fourth-order valence-electron chi connectivity index (χ4n) is 3.29. The van der Waals surface area contributed by atoms with E-state index in [-0.39, 0.29) is 5.91 Å². The van der Waals surface area contributed by atoms with Crippen LogP contribution in [0.15, 0.2) is 42.6 Å². The van der Waals surface area contributed by atoms with Crippen molar-refractivity contribution in [2.75, 3.05) is 39.3 Å². The number of hydrogen-bond acceptors (Lipinski definition) is 5. The van der Waals surface area contributed by atoms with Crippen LogP contribution in [0.25, 0.3) is 0 Å². The van der Waals surface area contributed by atoms with Crippen molar-refractivity contribution in [1.29, 1.82) is 0 Å². The van der Waals surface area contributed by atoms with E-state index in [0.717, 1.165) is 26.1 Å². The van der Waals surface area contributed by atoms with Crippen molar-refractivity contribution >= 4 is 5.91 Å². The normalized spacial score (nSPS) is 16.0.